The highest BCUT2D eigenvalue weighted by molar-refractivity contribution is 8.00. The van der Waals surface area contributed by atoms with Crippen LogP contribution < -0.4 is 9.47 Å². The third-order valence-electron chi connectivity index (χ3n) is 3.71. The number of carbonyl (C=O) groups is 1. The minimum Gasteiger partial charge on any atom is -0.481 e. The lowest BCUT2D eigenvalue weighted by molar-refractivity contribution is -0.108. The van der Waals surface area contributed by atoms with Gasteiger partial charge in [0.25, 0.3) is 0 Å². The average molecular weight is 367 g/mol. The molecular formula is C17H19ClN2O3S. The molecule has 2 aromatic rings. The van der Waals surface area contributed by atoms with E-state index in [1.807, 2.05) is 32.0 Å². The molecule has 5 nitrogen and oxygen atoms in total. The van der Waals surface area contributed by atoms with Gasteiger partial charge >= 0.3 is 0 Å². The van der Waals surface area contributed by atoms with Crippen LogP contribution in [0.5, 0.6) is 11.8 Å². The van der Waals surface area contributed by atoms with Crippen molar-refractivity contribution in [1.82, 2.24) is 9.97 Å². The third kappa shape index (κ3) is 4.19. The normalized spacial score (nSPS) is 12.5. The highest BCUT2D eigenvalue weighted by Gasteiger charge is 2.33. The SMILES string of the molecule is COc1cc(OC)nc(SC(C=O)C(C)(C)c2cccc(Cl)c2)n1. The molecule has 7 heteroatoms. The van der Waals surface area contributed by atoms with Gasteiger partial charge in [-0.05, 0) is 17.7 Å². The molecule has 0 saturated carbocycles. The van der Waals surface area contributed by atoms with Gasteiger partial charge in [-0.3, -0.25) is 0 Å². The number of aldehydes is 1. The summed E-state index contributed by atoms with van der Waals surface area (Å²) in [6, 6.07) is 9.08. The van der Waals surface area contributed by atoms with Gasteiger partial charge in [0.2, 0.25) is 11.8 Å². The van der Waals surface area contributed by atoms with Gasteiger partial charge in [-0.15, -0.1) is 0 Å². The fourth-order valence-electron chi connectivity index (χ4n) is 2.16. The number of rotatable bonds is 7. The van der Waals surface area contributed by atoms with Crippen molar-refractivity contribution < 1.29 is 14.3 Å². The summed E-state index contributed by atoms with van der Waals surface area (Å²) in [6.45, 7) is 3.98. The Kier molecular flexibility index (Phi) is 6.07. The molecule has 128 valence electrons. The van der Waals surface area contributed by atoms with Gasteiger partial charge in [0.15, 0.2) is 5.16 Å². The minimum absolute atomic E-state index is 0.384. The summed E-state index contributed by atoms with van der Waals surface area (Å²) in [4.78, 5) is 20.3. The highest BCUT2D eigenvalue weighted by Crippen LogP contribution is 2.37. The first-order chi connectivity index (χ1) is 11.4. The number of hydrogen-bond donors (Lipinski definition) is 0. The van der Waals surface area contributed by atoms with Gasteiger partial charge in [0.05, 0.1) is 25.5 Å². The number of carbonyl (C=O) groups excluding carboxylic acids is 1. The molecule has 0 aliphatic rings. The molecule has 0 N–H and O–H groups in total. The van der Waals surface area contributed by atoms with Crippen LogP contribution in [0.2, 0.25) is 5.02 Å². The maximum atomic E-state index is 11.8. The van der Waals surface area contributed by atoms with Crippen LogP contribution in [-0.2, 0) is 10.2 Å². The van der Waals surface area contributed by atoms with E-state index < -0.39 is 10.7 Å². The molecule has 0 bridgehead atoms. The fraction of sp³-hybridized carbons (Fsp3) is 0.353. The molecule has 0 saturated heterocycles. The topological polar surface area (TPSA) is 61.3 Å². The van der Waals surface area contributed by atoms with Gasteiger partial charge in [-0.25, -0.2) is 0 Å². The van der Waals surface area contributed by atoms with Crippen molar-refractivity contribution in [2.75, 3.05) is 14.2 Å². The molecule has 0 aliphatic carbocycles. The third-order valence-corrected chi connectivity index (χ3v) is 5.30. The lowest BCUT2D eigenvalue weighted by Gasteiger charge is -2.30. The smallest absolute Gasteiger partial charge is 0.220 e. The monoisotopic (exact) mass is 366 g/mol. The molecule has 24 heavy (non-hydrogen) atoms. The summed E-state index contributed by atoms with van der Waals surface area (Å²) in [7, 11) is 3.03. The molecule has 0 amide bonds. The van der Waals surface area contributed by atoms with Crippen LogP contribution in [0.4, 0.5) is 0 Å². The molecule has 0 aliphatic heterocycles. The molecule has 0 fully saturated rings. The first-order valence-corrected chi connectivity index (χ1v) is 8.51. The number of hydrogen-bond acceptors (Lipinski definition) is 6. The van der Waals surface area contributed by atoms with E-state index in [1.54, 1.807) is 12.1 Å². The number of halogens is 1. The van der Waals surface area contributed by atoms with E-state index in [4.69, 9.17) is 21.1 Å². The van der Waals surface area contributed by atoms with Gasteiger partial charge in [-0.2, -0.15) is 9.97 Å². The maximum Gasteiger partial charge on any atom is 0.220 e. The molecule has 0 radical (unpaired) electrons. The second-order valence-electron chi connectivity index (χ2n) is 5.64. The fourth-order valence-corrected chi connectivity index (χ4v) is 3.35. The highest BCUT2D eigenvalue weighted by atomic mass is 35.5. The lowest BCUT2D eigenvalue weighted by atomic mass is 9.81. The predicted molar refractivity (Wildman–Crippen MR) is 95.3 cm³/mol. The van der Waals surface area contributed by atoms with Gasteiger partial charge < -0.3 is 14.3 Å². The van der Waals surface area contributed by atoms with Crippen LogP contribution in [0.3, 0.4) is 0 Å². The number of methoxy groups -OCH3 is 2. The Morgan fingerprint density at radius 3 is 2.29 bits per heavy atom. The van der Waals surface area contributed by atoms with E-state index in [2.05, 4.69) is 9.97 Å². The van der Waals surface area contributed by atoms with Crippen molar-refractivity contribution in [2.45, 2.75) is 29.7 Å². The second-order valence-corrected chi connectivity index (χ2v) is 7.19. The molecule has 1 heterocycles. The van der Waals surface area contributed by atoms with Crippen LogP contribution in [0, 0.1) is 0 Å². The van der Waals surface area contributed by atoms with E-state index in [0.29, 0.717) is 21.9 Å². The zero-order chi connectivity index (χ0) is 17.7. The van der Waals surface area contributed by atoms with Gasteiger partial charge in [0, 0.05) is 10.4 Å². The molecule has 1 unspecified atom stereocenters. The summed E-state index contributed by atoms with van der Waals surface area (Å²) >= 11 is 7.35. The Morgan fingerprint density at radius 1 is 1.17 bits per heavy atom. The van der Waals surface area contributed by atoms with Crippen molar-refractivity contribution >= 4 is 29.6 Å². The van der Waals surface area contributed by atoms with Crippen molar-refractivity contribution in [3.05, 3.63) is 40.9 Å². The van der Waals surface area contributed by atoms with Crippen molar-refractivity contribution in [3.63, 3.8) is 0 Å². The Labute approximate surface area is 150 Å². The largest absolute Gasteiger partial charge is 0.481 e. The first kappa shape index (κ1) is 18.5. The Balaban J connectivity index is 2.33. The molecule has 1 aromatic heterocycles. The molecular weight excluding hydrogens is 348 g/mol. The molecule has 1 atom stereocenters. The second kappa shape index (κ2) is 7.85. The molecule has 0 spiro atoms. The van der Waals surface area contributed by atoms with E-state index in [-0.39, 0.29) is 0 Å². The quantitative estimate of drug-likeness (QED) is 0.422. The van der Waals surface area contributed by atoms with E-state index in [1.165, 1.54) is 26.0 Å². The summed E-state index contributed by atoms with van der Waals surface area (Å²) in [5, 5.41) is 0.640. The van der Waals surface area contributed by atoms with Crippen molar-refractivity contribution in [2.24, 2.45) is 0 Å². The first-order valence-electron chi connectivity index (χ1n) is 7.25. The number of ether oxygens (including phenoxy) is 2. The van der Waals surface area contributed by atoms with Crippen LogP contribution in [0.25, 0.3) is 0 Å². The lowest BCUT2D eigenvalue weighted by Crippen LogP contribution is -2.32. The zero-order valence-electron chi connectivity index (χ0n) is 13.9. The number of nitrogens with zero attached hydrogens (tertiary/aromatic N) is 2. The van der Waals surface area contributed by atoms with Crippen molar-refractivity contribution in [3.8, 4) is 11.8 Å². The van der Waals surface area contributed by atoms with Crippen LogP contribution in [-0.4, -0.2) is 35.7 Å². The number of aromatic nitrogens is 2. The number of benzene rings is 1. The Morgan fingerprint density at radius 2 is 1.79 bits per heavy atom. The summed E-state index contributed by atoms with van der Waals surface area (Å²) in [6.07, 6.45) is 0.904. The van der Waals surface area contributed by atoms with E-state index >= 15 is 0 Å². The average Bonchev–Trinajstić information content (AvgIpc) is 2.59. The number of thioether (sulfide) groups is 1. The maximum absolute atomic E-state index is 11.8. The van der Waals surface area contributed by atoms with E-state index in [9.17, 15) is 4.79 Å². The summed E-state index contributed by atoms with van der Waals surface area (Å²) < 4.78 is 10.3. The summed E-state index contributed by atoms with van der Waals surface area (Å²) in [5.74, 6) is 0.768. The van der Waals surface area contributed by atoms with Crippen LogP contribution >= 0.6 is 23.4 Å². The standard InChI is InChI=1S/C17H19ClN2O3S/c1-17(2,11-6-5-7-12(18)8-11)13(10-21)24-16-19-14(22-3)9-15(20-16)23-4/h5-10,13H,1-4H3. The van der Waals surface area contributed by atoms with Gasteiger partial charge in [0.1, 0.15) is 6.29 Å². The molecule has 2 rings (SSSR count). The Hall–Kier alpha value is -1.79. The predicted octanol–water partition coefficient (Wildman–Crippen LogP) is 3.78. The van der Waals surface area contributed by atoms with Crippen molar-refractivity contribution in [1.29, 1.82) is 0 Å². The van der Waals surface area contributed by atoms with E-state index in [0.717, 1.165) is 11.8 Å². The summed E-state index contributed by atoms with van der Waals surface area (Å²) in [5.41, 5.74) is 0.506. The van der Waals surface area contributed by atoms with Crippen LogP contribution in [0.1, 0.15) is 19.4 Å². The van der Waals surface area contributed by atoms with Crippen LogP contribution in [0.15, 0.2) is 35.5 Å². The zero-order valence-corrected chi connectivity index (χ0v) is 15.5. The minimum atomic E-state index is -0.461. The van der Waals surface area contributed by atoms with Gasteiger partial charge in [-0.1, -0.05) is 49.3 Å². The Bertz CT molecular complexity index is 702. The molecule has 1 aromatic carbocycles.